The molecule has 28 nitrogen and oxygen atoms in total. The number of hydrogen-bond donors (Lipinski definition) is 12. The van der Waals surface area contributed by atoms with E-state index >= 15 is 0 Å². The van der Waals surface area contributed by atoms with Crippen LogP contribution in [-0.2, 0) is 75.1 Å². The van der Waals surface area contributed by atoms with Crippen molar-refractivity contribution in [2.75, 3.05) is 34.0 Å². The predicted molar refractivity (Wildman–Crippen MR) is 328 cm³/mol. The number of methoxy groups -OCH3 is 2. The number of amides is 6. The first-order chi connectivity index (χ1) is 44.5. The van der Waals surface area contributed by atoms with Gasteiger partial charge in [-0.3, -0.25) is 40.9 Å². The predicted octanol–water partition coefficient (Wildman–Crippen LogP) is -0.875. The largest absolute Gasteiger partial charge is 1.00 e. The number of nitrogens with one attached hydrogen (secondary N) is 7. The van der Waals surface area contributed by atoms with Crippen LogP contribution in [0.25, 0.3) is 64.6 Å². The molecule has 2 heterocycles. The molecule has 0 saturated carbocycles. The number of ether oxygens (including phenoxy) is 8. The Morgan fingerprint density at radius 1 is 0.495 bits per heavy atom. The molecule has 0 aromatic heterocycles. The second-order valence-corrected chi connectivity index (χ2v) is 22.0. The van der Waals surface area contributed by atoms with E-state index in [-0.39, 0.29) is 86.8 Å². The Labute approximate surface area is 554 Å². The minimum absolute atomic E-state index is 0. The van der Waals surface area contributed by atoms with Gasteiger partial charge in [0, 0.05) is 46.4 Å². The average Bonchev–Trinajstić information content (AvgIpc) is 0.771. The molecular formula is C64H73N8NaO20. The molecule has 0 aliphatic carbocycles. The van der Waals surface area contributed by atoms with Crippen molar-refractivity contribution in [3.05, 3.63) is 120 Å². The Morgan fingerprint density at radius 2 is 0.914 bits per heavy atom. The number of hydrogen-bond acceptors (Lipinski definition) is 22. The zero-order valence-electron chi connectivity index (χ0n) is 51.3. The van der Waals surface area contributed by atoms with Crippen LogP contribution in [0, 0.1) is 0 Å². The zero-order chi connectivity index (χ0) is 65.4. The number of aliphatic hydroxyl groups excluding tert-OH is 4. The molecule has 2 aliphatic rings. The van der Waals surface area contributed by atoms with Gasteiger partial charge < -0.3 is 68.2 Å². The molecule has 93 heavy (non-hydrogen) atoms. The molecule has 0 radical (unpaired) electrons. The van der Waals surface area contributed by atoms with Crippen LogP contribution in [0.3, 0.4) is 0 Å². The molecule has 13 N–H and O–H groups in total. The summed E-state index contributed by atoms with van der Waals surface area (Å²) in [6.45, 7) is -1.34. The summed E-state index contributed by atoms with van der Waals surface area (Å²) in [6, 6.07) is 36.8. The Hall–Kier alpha value is -7.75. The van der Waals surface area contributed by atoms with Crippen LogP contribution in [0.15, 0.2) is 109 Å². The van der Waals surface area contributed by atoms with Crippen molar-refractivity contribution in [3.8, 4) is 0 Å². The fourth-order valence-corrected chi connectivity index (χ4v) is 11.4. The summed E-state index contributed by atoms with van der Waals surface area (Å²) in [5.74, 6) is 1.91. The van der Waals surface area contributed by atoms with Crippen LogP contribution in [-0.4, -0.2) is 158 Å². The van der Waals surface area contributed by atoms with E-state index in [2.05, 4.69) is 87.2 Å². The number of aliphatic carboxylic acids is 1. The van der Waals surface area contributed by atoms with Crippen molar-refractivity contribution < 1.29 is 127 Å². The van der Waals surface area contributed by atoms with Crippen molar-refractivity contribution in [1.29, 1.82) is 0 Å². The Balaban J connectivity index is 0.000000283. The number of benzene rings is 8. The van der Waals surface area contributed by atoms with Gasteiger partial charge in [-0.2, -0.15) is 0 Å². The number of rotatable bonds is 25. The van der Waals surface area contributed by atoms with Crippen molar-refractivity contribution in [1.82, 2.24) is 38.0 Å². The third-order valence-electron chi connectivity index (χ3n) is 16.0. The maximum absolute atomic E-state index is 12.6. The van der Waals surface area contributed by atoms with E-state index in [4.69, 9.17) is 43.7 Å². The van der Waals surface area contributed by atoms with Crippen LogP contribution in [0.2, 0.25) is 0 Å². The normalized spacial score (nSPS) is 21.2. The van der Waals surface area contributed by atoms with Gasteiger partial charge in [-0.1, -0.05) is 109 Å². The Kier molecular flexibility index (Phi) is 25.9. The molecule has 29 heteroatoms. The standard InChI is InChI=1S/C40H50N4O16.C24H24N4O4.Na/c1-54-36-26(18-56-19-29(47)48)59-39(35(52)32(36)49)60-37-25(58-38(55-2)34(51)33(37)50)16-41-42-27(45)8-3-4-9-28(46)43-44-40(53)57-17-23-13-12-22-11-10-20-6-5-7-21-14-15-24(23)31(22)30(20)21;25-26-20(29)6-1-2-7-21(30)27-28-24(31)32-14-18-11-10-17-9-8-15-4-3-5-16-12-13-19(18)23(17)22(15)16;/h5-7,10-15,25-26,32-39,41,49-52H,3-4,8-9,16-19H2,1-2H3,(H,42,45)(H,43,46)(H,44,53)(H,47,48);3-5,8-13H,1-2,6-7,14,25H2,(H,26,29)(H,27,30)(H,28,31);/q;;+1/p-1. The van der Waals surface area contributed by atoms with Gasteiger partial charge in [0.15, 0.2) is 12.6 Å². The Morgan fingerprint density at radius 3 is 1.38 bits per heavy atom. The SMILES string of the molecule is COC1OC(CNNC(=O)CCCCC(=O)NNC(=O)OCc2ccc3ccc4cccc5ccc2c3c45)C(OC2OC(COCC(=O)[O-])C(OC)C(O)C2O)C(O)C1O.NNC(=O)CCCCC(=O)NNC(=O)OCc1ccc2ccc3cccc4ccc1c2c34.[Na+]. The zero-order valence-corrected chi connectivity index (χ0v) is 53.3. The van der Waals surface area contributed by atoms with Crippen molar-refractivity contribution in [2.24, 2.45) is 5.84 Å². The molecule has 8 aromatic rings. The molecule has 10 unspecified atom stereocenters. The average molecular weight is 1300 g/mol. The maximum atomic E-state index is 12.6. The molecule has 2 aliphatic heterocycles. The van der Waals surface area contributed by atoms with Crippen LogP contribution in [0.1, 0.15) is 62.5 Å². The van der Waals surface area contributed by atoms with Crippen LogP contribution in [0.5, 0.6) is 0 Å². The first kappa shape index (κ1) is 71.1. The van der Waals surface area contributed by atoms with E-state index in [0.29, 0.717) is 25.7 Å². The minimum atomic E-state index is -1.73. The van der Waals surface area contributed by atoms with Crippen molar-refractivity contribution >= 4 is 106 Å². The second kappa shape index (κ2) is 33.9. The molecule has 2 saturated heterocycles. The van der Waals surface area contributed by atoms with Crippen molar-refractivity contribution in [3.63, 3.8) is 0 Å². The van der Waals surface area contributed by atoms with Gasteiger partial charge in [-0.05, 0) is 101 Å². The van der Waals surface area contributed by atoms with E-state index < -0.39 is 105 Å². The Bertz CT molecular complexity index is 3840. The summed E-state index contributed by atoms with van der Waals surface area (Å²) in [6.07, 6.45) is -13.9. The van der Waals surface area contributed by atoms with Crippen LogP contribution in [0.4, 0.5) is 9.59 Å². The van der Waals surface area contributed by atoms with Gasteiger partial charge in [0.2, 0.25) is 23.6 Å². The topological polar surface area (TPSA) is 408 Å². The number of carbonyl (C=O) groups excluding carboxylic acids is 7. The van der Waals surface area contributed by atoms with E-state index in [0.717, 1.165) is 59.6 Å². The first-order valence-electron chi connectivity index (χ1n) is 29.7. The van der Waals surface area contributed by atoms with Gasteiger partial charge in [0.25, 0.3) is 0 Å². The summed E-state index contributed by atoms with van der Waals surface area (Å²) in [5.41, 5.74) is 18.0. The number of nitrogens with two attached hydrogens (primary N) is 1. The van der Waals surface area contributed by atoms with Gasteiger partial charge in [0.05, 0.1) is 19.2 Å². The summed E-state index contributed by atoms with van der Waals surface area (Å²) in [7, 11) is 2.47. The third-order valence-corrected chi connectivity index (χ3v) is 16.0. The smallest absolute Gasteiger partial charge is 0.548 e. The molecule has 0 spiro atoms. The van der Waals surface area contributed by atoms with Gasteiger partial charge in [-0.15, -0.1) is 0 Å². The molecule has 490 valence electrons. The van der Waals surface area contributed by atoms with E-state index in [1.54, 1.807) is 0 Å². The van der Waals surface area contributed by atoms with Crippen LogP contribution < -0.4 is 78.5 Å². The summed E-state index contributed by atoms with van der Waals surface area (Å²) in [5, 5.41) is 67.1. The minimum Gasteiger partial charge on any atom is -0.548 e. The summed E-state index contributed by atoms with van der Waals surface area (Å²) in [4.78, 5) is 83.0. The number of carboxylic acids is 1. The molecule has 10 rings (SSSR count). The number of carboxylic acid groups (broad SMARTS) is 1. The third kappa shape index (κ3) is 17.9. The number of unbranched alkanes of at least 4 members (excludes halogenated alkanes) is 2. The van der Waals surface area contributed by atoms with E-state index in [9.17, 15) is 59.1 Å². The summed E-state index contributed by atoms with van der Waals surface area (Å²) < 4.78 is 43.3. The van der Waals surface area contributed by atoms with Crippen LogP contribution >= 0.6 is 0 Å². The first-order valence-corrected chi connectivity index (χ1v) is 29.7. The van der Waals surface area contributed by atoms with E-state index in [1.165, 1.54) is 30.4 Å². The molecule has 6 amide bonds. The quantitative estimate of drug-likeness (QED) is 0.00826. The van der Waals surface area contributed by atoms with Gasteiger partial charge >= 0.3 is 41.7 Å². The monoisotopic (exact) mass is 1300 g/mol. The fourth-order valence-electron chi connectivity index (χ4n) is 11.4. The summed E-state index contributed by atoms with van der Waals surface area (Å²) >= 11 is 0. The molecule has 10 atom stereocenters. The molecular weight excluding hydrogens is 1220 g/mol. The number of carbonyl (C=O) groups is 7. The molecule has 8 aromatic carbocycles. The molecule has 2 fully saturated rings. The van der Waals surface area contributed by atoms with E-state index in [1.807, 2.05) is 60.0 Å². The fraction of sp³-hybridized carbons (Fsp3) is 0.391. The van der Waals surface area contributed by atoms with Gasteiger partial charge in [0.1, 0.15) is 62.0 Å². The van der Waals surface area contributed by atoms with Crippen molar-refractivity contribution in [2.45, 2.75) is 126 Å². The second-order valence-electron chi connectivity index (χ2n) is 22.0. The number of hydrazine groups is 4. The molecule has 0 bridgehead atoms. The maximum Gasteiger partial charge on any atom is 1.00 e. The number of aliphatic hydroxyl groups is 4. The van der Waals surface area contributed by atoms with Gasteiger partial charge in [-0.25, -0.2) is 31.7 Å².